The largest absolute Gasteiger partial charge is 0.359 e. The molecule has 1 aliphatic carbocycles. The lowest BCUT2D eigenvalue weighted by atomic mass is 9.96. The molecule has 3 aromatic rings. The van der Waals surface area contributed by atoms with Gasteiger partial charge in [0.05, 0.1) is 17.4 Å². The number of hydrazone groups is 1. The highest BCUT2D eigenvalue weighted by Gasteiger charge is 2.21. The first-order valence-corrected chi connectivity index (χ1v) is 10.9. The number of fused-ring (bicyclic) bond motifs is 1. The number of thiocarbonyl (C=S) groups is 1. The SMILES string of the molecule is Cc1c(C=NNC(=S)NC2CCCCC2)c2ccccn2c1C(=O)c1ccc(F)cc1. The van der Waals surface area contributed by atoms with Crippen molar-refractivity contribution in [3.8, 4) is 0 Å². The minimum Gasteiger partial charge on any atom is -0.359 e. The predicted octanol–water partition coefficient (Wildman–Crippen LogP) is 4.75. The molecule has 2 aromatic heterocycles. The Morgan fingerprint density at radius 1 is 1.16 bits per heavy atom. The number of ketones is 1. The Balaban J connectivity index is 1.57. The van der Waals surface area contributed by atoms with Crippen molar-refractivity contribution in [1.29, 1.82) is 0 Å². The molecule has 4 rings (SSSR count). The molecular formula is C24H25FN4OS. The van der Waals surface area contributed by atoms with Crippen LogP contribution in [-0.4, -0.2) is 27.6 Å². The average molecular weight is 437 g/mol. The second kappa shape index (κ2) is 9.39. The fraction of sp³-hybridized carbons (Fsp3) is 0.292. The fourth-order valence-electron chi connectivity index (χ4n) is 4.16. The van der Waals surface area contributed by atoms with Gasteiger partial charge in [-0.3, -0.25) is 10.2 Å². The van der Waals surface area contributed by atoms with E-state index in [2.05, 4.69) is 15.8 Å². The van der Waals surface area contributed by atoms with Gasteiger partial charge in [0.1, 0.15) is 5.82 Å². The number of benzene rings is 1. The van der Waals surface area contributed by atoms with Crippen molar-refractivity contribution < 1.29 is 9.18 Å². The molecule has 0 unspecified atom stereocenters. The Bertz CT molecular complexity index is 1130. The summed E-state index contributed by atoms with van der Waals surface area (Å²) in [6.07, 6.45) is 9.54. The number of pyridine rings is 1. The Hall–Kier alpha value is -3.06. The molecule has 160 valence electrons. The molecule has 5 nitrogen and oxygen atoms in total. The van der Waals surface area contributed by atoms with Gasteiger partial charge in [-0.1, -0.05) is 25.3 Å². The van der Waals surface area contributed by atoms with Crippen molar-refractivity contribution in [3.63, 3.8) is 0 Å². The summed E-state index contributed by atoms with van der Waals surface area (Å²) >= 11 is 5.37. The van der Waals surface area contributed by atoms with Gasteiger partial charge >= 0.3 is 0 Å². The summed E-state index contributed by atoms with van der Waals surface area (Å²) in [5.41, 5.74) is 6.37. The van der Waals surface area contributed by atoms with E-state index in [1.165, 1.54) is 43.5 Å². The molecule has 0 atom stereocenters. The third-order valence-electron chi connectivity index (χ3n) is 5.76. The molecule has 1 aromatic carbocycles. The van der Waals surface area contributed by atoms with E-state index in [1.807, 2.05) is 35.7 Å². The zero-order valence-corrected chi connectivity index (χ0v) is 18.2. The maximum Gasteiger partial charge on any atom is 0.210 e. The van der Waals surface area contributed by atoms with E-state index in [-0.39, 0.29) is 11.6 Å². The molecule has 0 radical (unpaired) electrons. The van der Waals surface area contributed by atoms with Crippen LogP contribution in [0.15, 0.2) is 53.8 Å². The van der Waals surface area contributed by atoms with Crippen molar-refractivity contribution in [2.24, 2.45) is 5.10 Å². The molecule has 2 N–H and O–H groups in total. The first-order valence-electron chi connectivity index (χ1n) is 10.5. The quantitative estimate of drug-likeness (QED) is 0.262. The van der Waals surface area contributed by atoms with Gasteiger partial charge in [-0.15, -0.1) is 0 Å². The van der Waals surface area contributed by atoms with Gasteiger partial charge in [-0.2, -0.15) is 5.10 Å². The maximum absolute atomic E-state index is 13.3. The van der Waals surface area contributed by atoms with Gasteiger partial charge in [0, 0.05) is 23.4 Å². The fourth-order valence-corrected chi connectivity index (χ4v) is 4.38. The molecule has 0 bridgehead atoms. The molecule has 0 saturated heterocycles. The maximum atomic E-state index is 13.3. The van der Waals surface area contributed by atoms with Crippen LogP contribution < -0.4 is 10.7 Å². The molecule has 1 saturated carbocycles. The smallest absolute Gasteiger partial charge is 0.210 e. The molecule has 0 aliphatic heterocycles. The standard InChI is InChI=1S/C24H25FN4OS/c1-16-20(15-26-28-24(31)27-19-7-3-2-4-8-19)21-9-5-6-14-29(21)22(16)23(30)17-10-12-18(25)13-11-17/h5-6,9-15,19H,2-4,7-8H2,1H3,(H2,27,28,31). The molecule has 1 aliphatic rings. The number of hydrogen-bond acceptors (Lipinski definition) is 3. The van der Waals surface area contributed by atoms with E-state index in [0.29, 0.717) is 22.4 Å². The highest BCUT2D eigenvalue weighted by atomic mass is 32.1. The normalized spacial score (nSPS) is 14.8. The number of carbonyl (C=O) groups is 1. The van der Waals surface area contributed by atoms with E-state index in [9.17, 15) is 9.18 Å². The van der Waals surface area contributed by atoms with Crippen LogP contribution in [0, 0.1) is 12.7 Å². The van der Waals surface area contributed by atoms with Crippen LogP contribution in [0.5, 0.6) is 0 Å². The Morgan fingerprint density at radius 2 is 1.90 bits per heavy atom. The summed E-state index contributed by atoms with van der Waals surface area (Å²) in [5.74, 6) is -0.536. The predicted molar refractivity (Wildman–Crippen MR) is 125 cm³/mol. The van der Waals surface area contributed by atoms with E-state index in [1.54, 1.807) is 6.21 Å². The van der Waals surface area contributed by atoms with Gasteiger partial charge < -0.3 is 9.72 Å². The summed E-state index contributed by atoms with van der Waals surface area (Å²) in [7, 11) is 0. The molecular weight excluding hydrogens is 411 g/mol. The number of nitrogens with zero attached hydrogens (tertiary/aromatic N) is 2. The second-order valence-electron chi connectivity index (χ2n) is 7.86. The summed E-state index contributed by atoms with van der Waals surface area (Å²) in [6, 6.07) is 11.7. The van der Waals surface area contributed by atoms with E-state index < -0.39 is 0 Å². The lowest BCUT2D eigenvalue weighted by molar-refractivity contribution is 0.103. The minimum atomic E-state index is -0.370. The Kier molecular flexibility index (Phi) is 6.42. The summed E-state index contributed by atoms with van der Waals surface area (Å²) in [5, 5.41) is 8.15. The zero-order chi connectivity index (χ0) is 21.8. The Morgan fingerprint density at radius 3 is 2.65 bits per heavy atom. The number of rotatable bonds is 5. The molecule has 2 heterocycles. The van der Waals surface area contributed by atoms with Crippen LogP contribution in [0.3, 0.4) is 0 Å². The molecule has 7 heteroatoms. The van der Waals surface area contributed by atoms with E-state index in [4.69, 9.17) is 12.2 Å². The van der Waals surface area contributed by atoms with Crippen molar-refractivity contribution in [2.45, 2.75) is 45.1 Å². The lowest BCUT2D eigenvalue weighted by Gasteiger charge is -2.23. The highest BCUT2D eigenvalue weighted by molar-refractivity contribution is 7.80. The van der Waals surface area contributed by atoms with Crippen LogP contribution in [-0.2, 0) is 0 Å². The van der Waals surface area contributed by atoms with Crippen molar-refractivity contribution in [3.05, 3.63) is 76.9 Å². The molecule has 0 amide bonds. The number of carbonyl (C=O) groups excluding carboxylic acids is 1. The number of halogens is 1. The molecule has 0 spiro atoms. The number of hydrogen-bond donors (Lipinski definition) is 2. The van der Waals surface area contributed by atoms with Gasteiger partial charge in [0.25, 0.3) is 0 Å². The summed E-state index contributed by atoms with van der Waals surface area (Å²) < 4.78 is 15.1. The zero-order valence-electron chi connectivity index (χ0n) is 17.4. The van der Waals surface area contributed by atoms with Crippen molar-refractivity contribution in [1.82, 2.24) is 15.1 Å². The number of nitrogens with one attached hydrogen (secondary N) is 2. The van der Waals surface area contributed by atoms with Crippen LogP contribution in [0.25, 0.3) is 5.52 Å². The van der Waals surface area contributed by atoms with Crippen LogP contribution in [0.1, 0.15) is 59.3 Å². The van der Waals surface area contributed by atoms with E-state index in [0.717, 1.165) is 29.5 Å². The van der Waals surface area contributed by atoms with E-state index >= 15 is 0 Å². The summed E-state index contributed by atoms with van der Waals surface area (Å²) in [4.78, 5) is 13.2. The monoisotopic (exact) mass is 436 g/mol. The van der Waals surface area contributed by atoms with Crippen molar-refractivity contribution in [2.75, 3.05) is 0 Å². The lowest BCUT2D eigenvalue weighted by Crippen LogP contribution is -2.40. The number of aromatic nitrogens is 1. The molecule has 31 heavy (non-hydrogen) atoms. The van der Waals surface area contributed by atoms with Crippen LogP contribution >= 0.6 is 12.2 Å². The van der Waals surface area contributed by atoms with Gasteiger partial charge in [-0.25, -0.2) is 4.39 Å². The van der Waals surface area contributed by atoms with Gasteiger partial charge in [0.2, 0.25) is 5.78 Å². The third kappa shape index (κ3) is 4.66. The first-order chi connectivity index (χ1) is 15.0. The van der Waals surface area contributed by atoms with Gasteiger partial charge in [-0.05, 0) is 73.9 Å². The van der Waals surface area contributed by atoms with Crippen LogP contribution in [0.4, 0.5) is 4.39 Å². The minimum absolute atomic E-state index is 0.166. The molecule has 1 fully saturated rings. The average Bonchev–Trinajstić information content (AvgIpc) is 3.06. The topological polar surface area (TPSA) is 57.9 Å². The summed E-state index contributed by atoms with van der Waals surface area (Å²) in [6.45, 7) is 1.89. The highest BCUT2D eigenvalue weighted by Crippen LogP contribution is 2.24. The van der Waals surface area contributed by atoms with Crippen LogP contribution in [0.2, 0.25) is 0 Å². The third-order valence-corrected chi connectivity index (χ3v) is 5.97. The van der Waals surface area contributed by atoms with Gasteiger partial charge in [0.15, 0.2) is 5.11 Å². The van der Waals surface area contributed by atoms with Crippen molar-refractivity contribution >= 4 is 34.8 Å². The second-order valence-corrected chi connectivity index (χ2v) is 8.27. The Labute approximate surface area is 186 Å². The first kappa shape index (κ1) is 21.2.